The number of amides is 3. The number of nitrogens with one attached hydrogen (secondary N) is 2. The number of carbonyl (C=O) groups is 2. The fraction of sp³-hybridized carbons (Fsp3) is 0.500. The van der Waals surface area contributed by atoms with Crippen molar-refractivity contribution < 1.29 is 9.59 Å². The van der Waals surface area contributed by atoms with Crippen molar-refractivity contribution in [2.45, 2.75) is 13.3 Å². The normalized spacial score (nSPS) is 14.8. The molecule has 0 aliphatic carbocycles. The Balaban J connectivity index is 1.81. The molecule has 0 bridgehead atoms. The van der Waals surface area contributed by atoms with E-state index in [2.05, 4.69) is 10.6 Å². The summed E-state index contributed by atoms with van der Waals surface area (Å²) in [6.07, 6.45) is 0.506. The van der Waals surface area contributed by atoms with E-state index in [0.29, 0.717) is 39.1 Å². The van der Waals surface area contributed by atoms with Gasteiger partial charge in [0, 0.05) is 44.8 Å². The third-order valence-electron chi connectivity index (χ3n) is 3.78. The van der Waals surface area contributed by atoms with Crippen LogP contribution in [-0.2, 0) is 4.79 Å². The van der Waals surface area contributed by atoms with E-state index >= 15 is 0 Å². The predicted molar refractivity (Wildman–Crippen MR) is 86.9 cm³/mol. The van der Waals surface area contributed by atoms with Gasteiger partial charge in [0.2, 0.25) is 5.91 Å². The topological polar surface area (TPSA) is 64.7 Å². The third kappa shape index (κ3) is 4.46. The van der Waals surface area contributed by atoms with Crippen molar-refractivity contribution in [3.05, 3.63) is 29.8 Å². The Morgan fingerprint density at radius 2 is 1.82 bits per heavy atom. The molecule has 1 fully saturated rings. The first-order valence-corrected chi connectivity index (χ1v) is 7.65. The number of hydrogen-bond acceptors (Lipinski definition) is 3. The van der Waals surface area contributed by atoms with Crippen LogP contribution >= 0.6 is 0 Å². The lowest BCUT2D eigenvalue weighted by molar-refractivity contribution is -0.132. The number of aryl methyl sites for hydroxylation is 1. The molecule has 2 rings (SSSR count). The first-order chi connectivity index (χ1) is 10.6. The summed E-state index contributed by atoms with van der Waals surface area (Å²) in [6, 6.07) is 7.62. The average Bonchev–Trinajstić information content (AvgIpc) is 2.52. The van der Waals surface area contributed by atoms with Crippen LogP contribution in [0.2, 0.25) is 0 Å². The second-order valence-electron chi connectivity index (χ2n) is 5.52. The summed E-state index contributed by atoms with van der Waals surface area (Å²) in [5.41, 5.74) is 1.91. The molecule has 0 saturated carbocycles. The van der Waals surface area contributed by atoms with E-state index < -0.39 is 0 Å². The van der Waals surface area contributed by atoms with Crippen molar-refractivity contribution in [1.82, 2.24) is 15.1 Å². The van der Waals surface area contributed by atoms with Gasteiger partial charge in [0.05, 0.1) is 0 Å². The molecule has 22 heavy (non-hydrogen) atoms. The minimum absolute atomic E-state index is 0.104. The fourth-order valence-electron chi connectivity index (χ4n) is 2.47. The van der Waals surface area contributed by atoms with Gasteiger partial charge in [-0.2, -0.15) is 0 Å². The van der Waals surface area contributed by atoms with Crippen molar-refractivity contribution in [3.63, 3.8) is 0 Å². The maximum atomic E-state index is 12.2. The highest BCUT2D eigenvalue weighted by Gasteiger charge is 2.23. The monoisotopic (exact) mass is 304 g/mol. The number of hydrogen-bond donors (Lipinski definition) is 2. The van der Waals surface area contributed by atoms with Gasteiger partial charge in [-0.15, -0.1) is 0 Å². The Labute approximate surface area is 131 Å². The fourth-order valence-corrected chi connectivity index (χ4v) is 2.47. The maximum Gasteiger partial charge on any atom is 0.321 e. The minimum atomic E-state index is -0.104. The van der Waals surface area contributed by atoms with Gasteiger partial charge in [0.25, 0.3) is 0 Å². The first-order valence-electron chi connectivity index (χ1n) is 7.65. The van der Waals surface area contributed by atoms with Crippen molar-refractivity contribution in [3.8, 4) is 0 Å². The number of anilines is 1. The van der Waals surface area contributed by atoms with Crippen LogP contribution < -0.4 is 10.6 Å². The van der Waals surface area contributed by atoms with Crippen LogP contribution in [0.25, 0.3) is 0 Å². The molecule has 6 nitrogen and oxygen atoms in total. The van der Waals surface area contributed by atoms with E-state index in [4.69, 9.17) is 0 Å². The quantitative estimate of drug-likeness (QED) is 0.881. The van der Waals surface area contributed by atoms with E-state index in [1.54, 1.807) is 4.90 Å². The molecule has 1 aromatic rings. The molecular weight excluding hydrogens is 280 g/mol. The lowest BCUT2D eigenvalue weighted by Crippen LogP contribution is -2.51. The van der Waals surface area contributed by atoms with Crippen molar-refractivity contribution in [2.24, 2.45) is 0 Å². The Morgan fingerprint density at radius 3 is 2.45 bits per heavy atom. The highest BCUT2D eigenvalue weighted by atomic mass is 16.2. The summed E-state index contributed by atoms with van der Waals surface area (Å²) in [4.78, 5) is 27.7. The maximum absolute atomic E-state index is 12.2. The molecule has 3 amide bonds. The molecule has 1 aliphatic heterocycles. The molecule has 1 heterocycles. The zero-order chi connectivity index (χ0) is 15.9. The SMILES string of the molecule is CNCCC(=O)N1CCN(C(=O)Nc2cccc(C)c2)CC1. The molecule has 0 atom stereocenters. The molecular formula is C16H24N4O2. The van der Waals surface area contributed by atoms with Gasteiger partial charge in [-0.05, 0) is 31.7 Å². The van der Waals surface area contributed by atoms with Gasteiger partial charge in [0.1, 0.15) is 0 Å². The summed E-state index contributed by atoms with van der Waals surface area (Å²) < 4.78 is 0. The van der Waals surface area contributed by atoms with Crippen molar-refractivity contribution in [1.29, 1.82) is 0 Å². The Kier molecular flexibility index (Phi) is 5.77. The van der Waals surface area contributed by atoms with Gasteiger partial charge in [0.15, 0.2) is 0 Å². The average molecular weight is 304 g/mol. The van der Waals surface area contributed by atoms with E-state index in [1.807, 2.05) is 43.1 Å². The number of nitrogens with zero attached hydrogens (tertiary/aromatic N) is 2. The summed E-state index contributed by atoms with van der Waals surface area (Å²) in [5, 5.41) is 5.88. The van der Waals surface area contributed by atoms with Crippen LogP contribution in [0.3, 0.4) is 0 Å². The van der Waals surface area contributed by atoms with Crippen LogP contribution in [-0.4, -0.2) is 61.5 Å². The molecule has 1 aliphatic rings. The van der Waals surface area contributed by atoms with E-state index in [1.165, 1.54) is 0 Å². The number of carbonyl (C=O) groups excluding carboxylic acids is 2. The molecule has 2 N–H and O–H groups in total. The van der Waals surface area contributed by atoms with Gasteiger partial charge >= 0.3 is 6.03 Å². The lowest BCUT2D eigenvalue weighted by Gasteiger charge is -2.34. The molecule has 1 saturated heterocycles. The zero-order valence-corrected chi connectivity index (χ0v) is 13.3. The first kappa shape index (κ1) is 16.3. The number of rotatable bonds is 4. The van der Waals surface area contributed by atoms with E-state index in [-0.39, 0.29) is 11.9 Å². The standard InChI is InChI=1S/C16H24N4O2/c1-13-4-3-5-14(12-13)18-16(22)20-10-8-19(9-11-20)15(21)6-7-17-2/h3-5,12,17H,6-11H2,1-2H3,(H,18,22). The highest BCUT2D eigenvalue weighted by Crippen LogP contribution is 2.11. The summed E-state index contributed by atoms with van der Waals surface area (Å²) in [6.45, 7) is 5.03. The number of urea groups is 1. The summed E-state index contributed by atoms with van der Waals surface area (Å²) in [5.74, 6) is 0.146. The largest absolute Gasteiger partial charge is 0.339 e. The van der Waals surface area contributed by atoms with Gasteiger partial charge in [-0.25, -0.2) is 4.79 Å². The second-order valence-corrected chi connectivity index (χ2v) is 5.52. The predicted octanol–water partition coefficient (Wildman–Crippen LogP) is 1.28. The lowest BCUT2D eigenvalue weighted by atomic mass is 10.2. The molecule has 0 radical (unpaired) electrons. The van der Waals surface area contributed by atoms with Crippen LogP contribution in [0.15, 0.2) is 24.3 Å². The molecule has 0 unspecified atom stereocenters. The highest BCUT2D eigenvalue weighted by molar-refractivity contribution is 5.89. The molecule has 6 heteroatoms. The molecule has 0 aromatic heterocycles. The van der Waals surface area contributed by atoms with Gasteiger partial charge in [-0.1, -0.05) is 12.1 Å². The zero-order valence-electron chi connectivity index (χ0n) is 13.3. The van der Waals surface area contributed by atoms with Gasteiger partial charge < -0.3 is 20.4 Å². The van der Waals surface area contributed by atoms with Crippen molar-refractivity contribution >= 4 is 17.6 Å². The summed E-state index contributed by atoms with van der Waals surface area (Å²) >= 11 is 0. The van der Waals surface area contributed by atoms with Gasteiger partial charge in [-0.3, -0.25) is 4.79 Å². The Morgan fingerprint density at radius 1 is 1.14 bits per heavy atom. The van der Waals surface area contributed by atoms with Crippen LogP contribution in [0.5, 0.6) is 0 Å². The molecule has 120 valence electrons. The Bertz CT molecular complexity index is 525. The van der Waals surface area contributed by atoms with Crippen LogP contribution in [0, 0.1) is 6.92 Å². The molecule has 0 spiro atoms. The second kappa shape index (κ2) is 7.79. The number of benzene rings is 1. The Hall–Kier alpha value is -2.08. The smallest absolute Gasteiger partial charge is 0.321 e. The van der Waals surface area contributed by atoms with Crippen LogP contribution in [0.4, 0.5) is 10.5 Å². The minimum Gasteiger partial charge on any atom is -0.339 e. The van der Waals surface area contributed by atoms with E-state index in [9.17, 15) is 9.59 Å². The molecule has 1 aromatic carbocycles. The number of piperazine rings is 1. The van der Waals surface area contributed by atoms with Crippen LogP contribution in [0.1, 0.15) is 12.0 Å². The van der Waals surface area contributed by atoms with Crippen molar-refractivity contribution in [2.75, 3.05) is 45.1 Å². The van der Waals surface area contributed by atoms with E-state index in [0.717, 1.165) is 11.3 Å². The third-order valence-corrected chi connectivity index (χ3v) is 3.78. The summed E-state index contributed by atoms with van der Waals surface area (Å²) in [7, 11) is 1.83.